The molecule has 0 aliphatic heterocycles. The predicted molar refractivity (Wildman–Crippen MR) is 87.5 cm³/mol. The van der Waals surface area contributed by atoms with Crippen molar-refractivity contribution >= 4 is 15.9 Å². The molecule has 20 heavy (non-hydrogen) atoms. The first kappa shape index (κ1) is 17.1. The van der Waals surface area contributed by atoms with Gasteiger partial charge < -0.3 is 14.8 Å². The van der Waals surface area contributed by atoms with Crippen LogP contribution < -0.4 is 14.8 Å². The number of methoxy groups -OCH3 is 1. The zero-order chi connectivity index (χ0) is 15.1. The molecule has 0 atom stereocenters. The van der Waals surface area contributed by atoms with E-state index in [1.165, 1.54) is 0 Å². The molecule has 3 nitrogen and oxygen atoms in total. The molecule has 0 aliphatic rings. The van der Waals surface area contributed by atoms with E-state index in [-0.39, 0.29) is 0 Å². The zero-order valence-corrected chi connectivity index (χ0v) is 14.3. The molecule has 0 heterocycles. The Balaban J connectivity index is 2.81. The Morgan fingerprint density at radius 3 is 2.65 bits per heavy atom. The van der Waals surface area contributed by atoms with Crippen molar-refractivity contribution in [2.24, 2.45) is 5.92 Å². The summed E-state index contributed by atoms with van der Waals surface area (Å²) in [5, 5.41) is 3.42. The summed E-state index contributed by atoms with van der Waals surface area (Å²) in [7, 11) is 1.65. The molecule has 0 spiro atoms. The van der Waals surface area contributed by atoms with Crippen LogP contribution in [-0.2, 0) is 6.54 Å². The van der Waals surface area contributed by atoms with Crippen LogP contribution in [0.3, 0.4) is 0 Å². The molecular weight excluding hydrogens is 318 g/mol. The average Bonchev–Trinajstić information content (AvgIpc) is 2.36. The lowest BCUT2D eigenvalue weighted by molar-refractivity contribution is 0.317. The second-order valence-corrected chi connectivity index (χ2v) is 6.23. The van der Waals surface area contributed by atoms with E-state index >= 15 is 0 Å². The molecule has 1 rings (SSSR count). The summed E-state index contributed by atoms with van der Waals surface area (Å²) in [6.07, 6.45) is 0. The third-order valence-corrected chi connectivity index (χ3v) is 3.22. The van der Waals surface area contributed by atoms with Gasteiger partial charge in [0.2, 0.25) is 0 Å². The van der Waals surface area contributed by atoms with E-state index in [9.17, 15) is 0 Å². The summed E-state index contributed by atoms with van der Waals surface area (Å²) in [5.41, 5.74) is 2.14. The molecule has 1 aromatic carbocycles. The fourth-order valence-electron chi connectivity index (χ4n) is 1.72. The summed E-state index contributed by atoms with van der Waals surface area (Å²) in [6.45, 7) is 12.5. The number of ether oxygens (including phenoxy) is 2. The largest absolute Gasteiger partial charge is 0.493 e. The van der Waals surface area contributed by atoms with Crippen molar-refractivity contribution < 1.29 is 9.47 Å². The third kappa shape index (κ3) is 5.55. The van der Waals surface area contributed by atoms with Crippen molar-refractivity contribution in [3.63, 3.8) is 0 Å². The second-order valence-electron chi connectivity index (χ2n) is 5.38. The maximum atomic E-state index is 5.73. The standard InChI is InChI=1S/C16H24BrNO2/c1-11(2)8-18-9-13-6-14(17)16(15(7-13)19-5)20-10-12(3)4/h6-7,11,18H,3,8-10H2,1-2,4-5H3. The Hall–Kier alpha value is -1.00. The number of benzene rings is 1. The highest BCUT2D eigenvalue weighted by molar-refractivity contribution is 9.10. The minimum atomic E-state index is 0.486. The Morgan fingerprint density at radius 2 is 2.10 bits per heavy atom. The topological polar surface area (TPSA) is 30.5 Å². The van der Waals surface area contributed by atoms with Gasteiger partial charge in [-0.15, -0.1) is 0 Å². The quantitative estimate of drug-likeness (QED) is 0.720. The van der Waals surface area contributed by atoms with Crippen molar-refractivity contribution in [1.29, 1.82) is 0 Å². The van der Waals surface area contributed by atoms with Gasteiger partial charge in [0.25, 0.3) is 0 Å². The molecule has 0 fully saturated rings. The molecule has 0 unspecified atom stereocenters. The summed E-state index contributed by atoms with van der Waals surface area (Å²) in [4.78, 5) is 0. The van der Waals surface area contributed by atoms with Gasteiger partial charge in [-0.3, -0.25) is 0 Å². The molecule has 1 aromatic rings. The van der Waals surface area contributed by atoms with Crippen LogP contribution in [0.2, 0.25) is 0 Å². The van der Waals surface area contributed by atoms with Crippen molar-refractivity contribution in [3.05, 3.63) is 34.3 Å². The third-order valence-electron chi connectivity index (χ3n) is 2.63. The van der Waals surface area contributed by atoms with E-state index in [4.69, 9.17) is 9.47 Å². The molecule has 0 amide bonds. The fraction of sp³-hybridized carbons (Fsp3) is 0.500. The van der Waals surface area contributed by atoms with Crippen molar-refractivity contribution in [2.45, 2.75) is 27.3 Å². The van der Waals surface area contributed by atoms with Gasteiger partial charge in [-0.1, -0.05) is 20.4 Å². The SMILES string of the molecule is C=C(C)COc1c(Br)cc(CNCC(C)C)cc1OC. The highest BCUT2D eigenvalue weighted by atomic mass is 79.9. The first-order chi connectivity index (χ1) is 9.43. The molecule has 0 radical (unpaired) electrons. The van der Waals surface area contributed by atoms with Crippen molar-refractivity contribution in [3.8, 4) is 11.5 Å². The Labute approximate surface area is 130 Å². The molecular formula is C16H24BrNO2. The zero-order valence-electron chi connectivity index (χ0n) is 12.8. The molecule has 0 bridgehead atoms. The summed E-state index contributed by atoms with van der Waals surface area (Å²) < 4.78 is 12.0. The van der Waals surface area contributed by atoms with Crippen LogP contribution in [-0.4, -0.2) is 20.3 Å². The van der Waals surface area contributed by atoms with E-state index in [0.29, 0.717) is 12.5 Å². The number of halogens is 1. The number of hydrogen-bond acceptors (Lipinski definition) is 3. The van der Waals surface area contributed by atoms with Crippen molar-refractivity contribution in [2.75, 3.05) is 20.3 Å². The lowest BCUT2D eigenvalue weighted by atomic mass is 10.1. The van der Waals surface area contributed by atoms with Crippen molar-refractivity contribution in [1.82, 2.24) is 5.32 Å². The molecule has 1 N–H and O–H groups in total. The number of rotatable bonds is 8. The number of nitrogens with one attached hydrogen (secondary N) is 1. The van der Waals surface area contributed by atoms with Gasteiger partial charge in [0.15, 0.2) is 11.5 Å². The van der Waals surface area contributed by atoms with Gasteiger partial charge in [-0.05, 0) is 58.6 Å². The Kier molecular flexibility index (Phi) is 7.10. The monoisotopic (exact) mass is 341 g/mol. The maximum absolute atomic E-state index is 5.73. The lowest BCUT2D eigenvalue weighted by Crippen LogP contribution is -2.19. The lowest BCUT2D eigenvalue weighted by Gasteiger charge is -2.15. The van der Waals surface area contributed by atoms with Gasteiger partial charge in [-0.25, -0.2) is 0 Å². The maximum Gasteiger partial charge on any atom is 0.175 e. The van der Waals surface area contributed by atoms with Gasteiger partial charge in [0, 0.05) is 6.54 Å². The smallest absolute Gasteiger partial charge is 0.175 e. The second kappa shape index (κ2) is 8.32. The molecule has 0 aliphatic carbocycles. The van der Waals surface area contributed by atoms with E-state index in [1.807, 2.05) is 13.0 Å². The average molecular weight is 342 g/mol. The van der Waals surface area contributed by atoms with Crippen LogP contribution in [0, 0.1) is 5.92 Å². The van der Waals surface area contributed by atoms with Crippen LogP contribution in [0.1, 0.15) is 26.3 Å². The predicted octanol–water partition coefficient (Wildman–Crippen LogP) is 4.16. The Morgan fingerprint density at radius 1 is 1.40 bits per heavy atom. The van der Waals surface area contributed by atoms with Gasteiger partial charge in [-0.2, -0.15) is 0 Å². The normalized spacial score (nSPS) is 10.7. The minimum absolute atomic E-state index is 0.486. The molecule has 112 valence electrons. The number of hydrogen-bond donors (Lipinski definition) is 1. The van der Waals surface area contributed by atoms with E-state index in [2.05, 4.69) is 47.7 Å². The van der Waals surface area contributed by atoms with Gasteiger partial charge in [0.1, 0.15) is 6.61 Å². The van der Waals surface area contributed by atoms with Crippen LogP contribution >= 0.6 is 15.9 Å². The summed E-state index contributed by atoms with van der Waals surface area (Å²) in [5.74, 6) is 2.10. The Bertz CT molecular complexity index is 458. The van der Waals surface area contributed by atoms with E-state index in [0.717, 1.165) is 40.2 Å². The minimum Gasteiger partial charge on any atom is -0.493 e. The molecule has 0 aromatic heterocycles. The van der Waals surface area contributed by atoms with E-state index < -0.39 is 0 Å². The first-order valence-electron chi connectivity index (χ1n) is 6.78. The molecule has 0 saturated carbocycles. The molecule has 0 saturated heterocycles. The van der Waals surface area contributed by atoms with Crippen LogP contribution in [0.5, 0.6) is 11.5 Å². The first-order valence-corrected chi connectivity index (χ1v) is 7.57. The highest BCUT2D eigenvalue weighted by Crippen LogP contribution is 2.36. The van der Waals surface area contributed by atoms with Crippen LogP contribution in [0.4, 0.5) is 0 Å². The summed E-state index contributed by atoms with van der Waals surface area (Å²) >= 11 is 3.55. The van der Waals surface area contributed by atoms with Gasteiger partial charge >= 0.3 is 0 Å². The van der Waals surface area contributed by atoms with E-state index in [1.54, 1.807) is 7.11 Å². The summed E-state index contributed by atoms with van der Waals surface area (Å²) in [6, 6.07) is 4.06. The molecule has 4 heteroatoms. The van der Waals surface area contributed by atoms with Gasteiger partial charge in [0.05, 0.1) is 11.6 Å². The van der Waals surface area contributed by atoms with Crippen LogP contribution in [0.15, 0.2) is 28.8 Å². The van der Waals surface area contributed by atoms with Crippen LogP contribution in [0.25, 0.3) is 0 Å². The fourth-order valence-corrected chi connectivity index (χ4v) is 2.32. The highest BCUT2D eigenvalue weighted by Gasteiger charge is 2.11.